The van der Waals surface area contributed by atoms with E-state index in [4.69, 9.17) is 0 Å². The van der Waals surface area contributed by atoms with Crippen LogP contribution in [0.4, 0.5) is 0 Å². The Morgan fingerprint density at radius 3 is 2.18 bits per heavy atom. The Morgan fingerprint density at radius 1 is 0.607 bits per heavy atom. The third kappa shape index (κ3) is 2.92. The molecule has 0 saturated heterocycles. The second kappa shape index (κ2) is 6.91. The Hall–Kier alpha value is -2.92. The van der Waals surface area contributed by atoms with Gasteiger partial charge >= 0.3 is 7.12 Å². The van der Waals surface area contributed by atoms with Gasteiger partial charge in [0.15, 0.2) is 0 Å². The Bertz CT molecular complexity index is 1290. The number of hydrogen-bond acceptors (Lipinski definition) is 3. The van der Waals surface area contributed by atoms with Crippen LogP contribution in [0.5, 0.6) is 0 Å². The molecule has 0 aliphatic heterocycles. The van der Waals surface area contributed by atoms with Gasteiger partial charge < -0.3 is 10.0 Å². The third-order valence-corrected chi connectivity index (χ3v) is 6.32. The van der Waals surface area contributed by atoms with Crippen molar-refractivity contribution in [2.75, 3.05) is 0 Å². The van der Waals surface area contributed by atoms with E-state index in [0.717, 1.165) is 11.1 Å². The lowest BCUT2D eigenvalue weighted by Gasteiger charge is -2.06. The van der Waals surface area contributed by atoms with Crippen LogP contribution in [0.2, 0.25) is 0 Å². The average molecular weight is 380 g/mol. The van der Waals surface area contributed by atoms with E-state index in [1.165, 1.54) is 31.3 Å². The van der Waals surface area contributed by atoms with E-state index in [-0.39, 0.29) is 0 Å². The standard InChI is InChI=1S/C24H17BO2S/c26-25(27)19-9-4-8-17(14-19)18-12-13-23-22(15-18)21-11-5-10-20(24(21)28-23)16-6-2-1-3-7-16/h1-15,26-27H. The minimum Gasteiger partial charge on any atom is -0.423 e. The number of thiophene rings is 1. The Labute approximate surface area is 167 Å². The van der Waals surface area contributed by atoms with Crippen LogP contribution in [0, 0.1) is 0 Å². The summed E-state index contributed by atoms with van der Waals surface area (Å²) < 4.78 is 2.54. The van der Waals surface area contributed by atoms with Crippen LogP contribution < -0.4 is 5.46 Å². The molecule has 0 bridgehead atoms. The van der Waals surface area contributed by atoms with E-state index in [2.05, 4.69) is 60.7 Å². The summed E-state index contributed by atoms with van der Waals surface area (Å²) in [6, 6.07) is 30.8. The summed E-state index contributed by atoms with van der Waals surface area (Å²) in [6.07, 6.45) is 0. The highest BCUT2D eigenvalue weighted by Gasteiger charge is 2.13. The van der Waals surface area contributed by atoms with Crippen molar-refractivity contribution in [3.63, 3.8) is 0 Å². The minimum absolute atomic E-state index is 0.499. The van der Waals surface area contributed by atoms with Gasteiger partial charge in [-0.15, -0.1) is 11.3 Å². The van der Waals surface area contributed by atoms with Gasteiger partial charge in [-0.1, -0.05) is 78.9 Å². The quantitative estimate of drug-likeness (QED) is 0.429. The van der Waals surface area contributed by atoms with E-state index in [0.29, 0.717) is 5.46 Å². The molecule has 1 aromatic heterocycles. The van der Waals surface area contributed by atoms with Crippen molar-refractivity contribution in [1.29, 1.82) is 0 Å². The van der Waals surface area contributed by atoms with Crippen LogP contribution in [0.25, 0.3) is 42.4 Å². The Balaban J connectivity index is 1.70. The molecule has 0 fully saturated rings. The highest BCUT2D eigenvalue weighted by Crippen LogP contribution is 2.41. The summed E-state index contributed by atoms with van der Waals surface area (Å²) in [6.45, 7) is 0. The molecule has 0 aliphatic rings. The van der Waals surface area contributed by atoms with Gasteiger partial charge in [0.2, 0.25) is 0 Å². The average Bonchev–Trinajstić information content (AvgIpc) is 3.12. The molecule has 0 atom stereocenters. The molecule has 0 radical (unpaired) electrons. The van der Waals surface area contributed by atoms with Crippen molar-refractivity contribution in [1.82, 2.24) is 0 Å². The monoisotopic (exact) mass is 380 g/mol. The zero-order valence-electron chi connectivity index (χ0n) is 15.0. The first-order valence-electron chi connectivity index (χ1n) is 9.18. The van der Waals surface area contributed by atoms with Crippen LogP contribution in [-0.2, 0) is 0 Å². The van der Waals surface area contributed by atoms with Crippen LogP contribution in [0.15, 0.2) is 91.0 Å². The lowest BCUT2D eigenvalue weighted by Crippen LogP contribution is -2.29. The first-order chi connectivity index (χ1) is 13.7. The van der Waals surface area contributed by atoms with Crippen molar-refractivity contribution in [2.24, 2.45) is 0 Å². The van der Waals surface area contributed by atoms with Crippen LogP contribution in [0.1, 0.15) is 0 Å². The van der Waals surface area contributed by atoms with Crippen molar-refractivity contribution in [2.45, 2.75) is 0 Å². The molecular weight excluding hydrogens is 363 g/mol. The van der Waals surface area contributed by atoms with E-state index in [9.17, 15) is 10.0 Å². The fourth-order valence-corrected chi connectivity index (χ4v) is 4.92. The molecule has 4 aromatic carbocycles. The van der Waals surface area contributed by atoms with Crippen molar-refractivity contribution < 1.29 is 10.0 Å². The van der Waals surface area contributed by atoms with Gasteiger partial charge in [-0.25, -0.2) is 0 Å². The highest BCUT2D eigenvalue weighted by atomic mass is 32.1. The molecule has 4 heteroatoms. The van der Waals surface area contributed by atoms with Gasteiger partial charge in [0.05, 0.1) is 0 Å². The predicted octanol–water partition coefficient (Wildman–Crippen LogP) is 5.07. The van der Waals surface area contributed by atoms with E-state index in [1.54, 1.807) is 6.07 Å². The molecule has 5 rings (SSSR count). The second-order valence-corrected chi connectivity index (χ2v) is 7.91. The van der Waals surface area contributed by atoms with E-state index in [1.807, 2.05) is 35.6 Å². The zero-order valence-corrected chi connectivity index (χ0v) is 15.9. The van der Waals surface area contributed by atoms with Gasteiger partial charge in [-0.05, 0) is 39.8 Å². The molecule has 28 heavy (non-hydrogen) atoms. The van der Waals surface area contributed by atoms with Gasteiger partial charge in [0.25, 0.3) is 0 Å². The first-order valence-corrected chi connectivity index (χ1v) is 9.99. The third-order valence-electron chi connectivity index (χ3n) is 5.10. The fourth-order valence-electron chi connectivity index (χ4n) is 3.70. The fraction of sp³-hybridized carbons (Fsp3) is 0. The van der Waals surface area contributed by atoms with Crippen molar-refractivity contribution >= 4 is 44.1 Å². The Morgan fingerprint density at radius 2 is 1.36 bits per heavy atom. The largest absolute Gasteiger partial charge is 0.488 e. The van der Waals surface area contributed by atoms with Gasteiger partial charge in [-0.2, -0.15) is 0 Å². The summed E-state index contributed by atoms with van der Waals surface area (Å²) in [5.41, 5.74) is 5.03. The summed E-state index contributed by atoms with van der Waals surface area (Å²) >= 11 is 1.82. The first kappa shape index (κ1) is 17.2. The summed E-state index contributed by atoms with van der Waals surface area (Å²) in [5.74, 6) is 0. The smallest absolute Gasteiger partial charge is 0.423 e. The minimum atomic E-state index is -1.46. The molecule has 2 N–H and O–H groups in total. The lowest BCUT2D eigenvalue weighted by molar-refractivity contribution is 0.426. The van der Waals surface area contributed by atoms with Crippen LogP contribution >= 0.6 is 11.3 Å². The predicted molar refractivity (Wildman–Crippen MR) is 120 cm³/mol. The lowest BCUT2D eigenvalue weighted by atomic mass is 9.79. The molecule has 0 aliphatic carbocycles. The summed E-state index contributed by atoms with van der Waals surface area (Å²) in [7, 11) is -1.46. The molecule has 0 amide bonds. The molecule has 2 nitrogen and oxygen atoms in total. The molecular formula is C24H17BO2S. The molecule has 1 heterocycles. The molecule has 5 aromatic rings. The summed E-state index contributed by atoms with van der Waals surface area (Å²) in [4.78, 5) is 0. The van der Waals surface area contributed by atoms with Gasteiger partial charge in [0.1, 0.15) is 0 Å². The van der Waals surface area contributed by atoms with E-state index < -0.39 is 7.12 Å². The highest BCUT2D eigenvalue weighted by molar-refractivity contribution is 7.26. The van der Waals surface area contributed by atoms with Crippen molar-refractivity contribution in [3.8, 4) is 22.3 Å². The van der Waals surface area contributed by atoms with Gasteiger partial charge in [-0.3, -0.25) is 0 Å². The number of rotatable bonds is 3. The SMILES string of the molecule is OB(O)c1cccc(-c2ccc3sc4c(-c5ccccc5)cccc4c3c2)c1. The number of hydrogen-bond donors (Lipinski definition) is 2. The zero-order chi connectivity index (χ0) is 19.1. The Kier molecular flexibility index (Phi) is 4.25. The molecule has 0 spiro atoms. The number of benzene rings is 4. The van der Waals surface area contributed by atoms with Gasteiger partial charge in [0, 0.05) is 20.2 Å². The second-order valence-electron chi connectivity index (χ2n) is 6.86. The molecule has 134 valence electrons. The topological polar surface area (TPSA) is 40.5 Å². The van der Waals surface area contributed by atoms with Crippen LogP contribution in [0.3, 0.4) is 0 Å². The van der Waals surface area contributed by atoms with E-state index >= 15 is 0 Å². The maximum absolute atomic E-state index is 9.47. The molecule has 0 saturated carbocycles. The molecule has 0 unspecified atom stereocenters. The summed E-state index contributed by atoms with van der Waals surface area (Å²) in [5, 5.41) is 21.4. The maximum Gasteiger partial charge on any atom is 0.488 e. The maximum atomic E-state index is 9.47. The van der Waals surface area contributed by atoms with Crippen LogP contribution in [-0.4, -0.2) is 17.2 Å². The number of fused-ring (bicyclic) bond motifs is 3. The normalized spacial score (nSPS) is 11.2. The van der Waals surface area contributed by atoms with Crippen molar-refractivity contribution in [3.05, 3.63) is 91.0 Å².